The second-order valence-electron chi connectivity index (χ2n) is 10.8. The largest absolute Gasteiger partial charge is 0.488 e. The molecule has 0 saturated carbocycles. The van der Waals surface area contributed by atoms with Gasteiger partial charge in [0.05, 0.1) is 18.2 Å². The van der Waals surface area contributed by atoms with Gasteiger partial charge in [0, 0.05) is 36.9 Å². The molecule has 0 aliphatic carbocycles. The van der Waals surface area contributed by atoms with Crippen LogP contribution in [0.3, 0.4) is 0 Å². The summed E-state index contributed by atoms with van der Waals surface area (Å²) in [5, 5.41) is 15.3. The van der Waals surface area contributed by atoms with E-state index in [0.29, 0.717) is 36.8 Å². The van der Waals surface area contributed by atoms with Crippen LogP contribution in [0.25, 0.3) is 0 Å². The van der Waals surface area contributed by atoms with E-state index in [1.54, 1.807) is 30.0 Å². The Kier molecular flexibility index (Phi) is 8.79. The molecule has 0 spiro atoms. The van der Waals surface area contributed by atoms with Gasteiger partial charge in [0.1, 0.15) is 17.7 Å². The third kappa shape index (κ3) is 6.75. The van der Waals surface area contributed by atoms with E-state index < -0.39 is 17.9 Å². The second-order valence-corrected chi connectivity index (χ2v) is 10.8. The van der Waals surface area contributed by atoms with Crippen molar-refractivity contribution in [2.75, 3.05) is 44.2 Å². The molecule has 2 heterocycles. The molecule has 3 N–H and O–H groups in total. The fourth-order valence-corrected chi connectivity index (χ4v) is 5.07. The minimum absolute atomic E-state index is 0.0467. The number of likely N-dealkylation sites (N-methyl/N-ethyl adjacent to an activating group) is 1. The van der Waals surface area contributed by atoms with Gasteiger partial charge in [0.2, 0.25) is 6.79 Å². The molecule has 0 radical (unpaired) electrons. The number of hydrogen-bond donors (Lipinski definition) is 3. The number of benzene rings is 3. The molecule has 5 rings (SSSR count). The lowest BCUT2D eigenvalue weighted by Crippen LogP contribution is -2.49. The van der Waals surface area contributed by atoms with Gasteiger partial charge in [0.25, 0.3) is 5.91 Å². The first-order valence-electron chi connectivity index (χ1n) is 13.8. The van der Waals surface area contributed by atoms with Crippen LogP contribution >= 0.6 is 0 Å². The summed E-state index contributed by atoms with van der Waals surface area (Å²) in [5.74, 6) is 1.11. The molecule has 3 aromatic rings. The predicted molar refractivity (Wildman–Crippen MR) is 156 cm³/mol. The maximum atomic E-state index is 13.7. The molecule has 3 aromatic carbocycles. The average molecular weight is 579 g/mol. The summed E-state index contributed by atoms with van der Waals surface area (Å²) in [4.78, 5) is 30.1. The van der Waals surface area contributed by atoms with Gasteiger partial charge in [0.15, 0.2) is 11.5 Å². The maximum absolute atomic E-state index is 13.7. The molecule has 3 atom stereocenters. The number of carbonyl (C=O) groups excluding carboxylic acids is 2. The van der Waals surface area contributed by atoms with Gasteiger partial charge >= 0.3 is 6.03 Å². The van der Waals surface area contributed by atoms with E-state index in [9.17, 15) is 19.1 Å². The highest BCUT2D eigenvalue weighted by molar-refractivity contribution is 6.02. The van der Waals surface area contributed by atoms with Crippen molar-refractivity contribution in [2.45, 2.75) is 32.5 Å². The van der Waals surface area contributed by atoms with Gasteiger partial charge in [-0.1, -0.05) is 13.0 Å². The van der Waals surface area contributed by atoms with Crippen LogP contribution in [0, 0.1) is 11.7 Å². The smallest absolute Gasteiger partial charge is 0.323 e. The zero-order chi connectivity index (χ0) is 29.8. The van der Waals surface area contributed by atoms with Crippen LogP contribution in [0.1, 0.15) is 29.8 Å². The Bertz CT molecular complexity index is 1440. The average Bonchev–Trinajstić information content (AvgIpc) is 3.44. The van der Waals surface area contributed by atoms with E-state index in [2.05, 4.69) is 15.5 Å². The van der Waals surface area contributed by atoms with Crippen molar-refractivity contribution in [3.63, 3.8) is 0 Å². The Morgan fingerprint density at radius 1 is 1.05 bits per heavy atom. The molecule has 0 aromatic heterocycles. The van der Waals surface area contributed by atoms with Crippen LogP contribution in [-0.2, 0) is 6.54 Å². The molecule has 0 saturated heterocycles. The first kappa shape index (κ1) is 29.2. The first-order chi connectivity index (χ1) is 20.2. The third-order valence-electron chi connectivity index (χ3n) is 7.41. The van der Waals surface area contributed by atoms with Crippen LogP contribution in [0.15, 0.2) is 60.7 Å². The van der Waals surface area contributed by atoms with Gasteiger partial charge in [-0.3, -0.25) is 9.69 Å². The van der Waals surface area contributed by atoms with Crippen molar-refractivity contribution < 1.29 is 33.3 Å². The number of halogens is 1. The summed E-state index contributed by atoms with van der Waals surface area (Å²) in [5.41, 5.74) is 2.16. The number of aliphatic hydroxyl groups is 1. The monoisotopic (exact) mass is 578 g/mol. The third-order valence-corrected chi connectivity index (χ3v) is 7.41. The van der Waals surface area contributed by atoms with Gasteiger partial charge in [-0.25, -0.2) is 9.18 Å². The minimum atomic E-state index is -0.544. The van der Waals surface area contributed by atoms with E-state index in [0.717, 1.165) is 17.1 Å². The van der Waals surface area contributed by atoms with E-state index in [4.69, 9.17) is 14.2 Å². The Morgan fingerprint density at radius 3 is 2.50 bits per heavy atom. The van der Waals surface area contributed by atoms with Crippen molar-refractivity contribution in [1.82, 2.24) is 9.80 Å². The number of rotatable bonds is 8. The van der Waals surface area contributed by atoms with Crippen molar-refractivity contribution in [2.24, 2.45) is 5.92 Å². The molecular weight excluding hydrogens is 543 g/mol. The summed E-state index contributed by atoms with van der Waals surface area (Å²) in [7, 11) is 2.01. The quantitative estimate of drug-likeness (QED) is 0.360. The lowest BCUT2D eigenvalue weighted by molar-refractivity contribution is 0.0341. The number of urea groups is 1. The number of nitrogens with one attached hydrogen (secondary N) is 2. The van der Waals surface area contributed by atoms with E-state index >= 15 is 0 Å². The SMILES string of the molecule is C[C@@H]1CN([C@@H](C)CO)C(=O)c2cc(NC(=O)Nc3ccc(F)cc3)ccc2O[C@@H]1CN(C)Cc1ccc2c(c1)OCO2. The highest BCUT2D eigenvalue weighted by Crippen LogP contribution is 2.34. The molecule has 0 unspecified atom stereocenters. The molecule has 2 aliphatic rings. The van der Waals surface area contributed by atoms with Crippen LogP contribution < -0.4 is 24.8 Å². The van der Waals surface area contributed by atoms with Crippen LogP contribution in [-0.4, -0.2) is 72.5 Å². The van der Waals surface area contributed by atoms with Crippen LogP contribution in [0.4, 0.5) is 20.6 Å². The number of fused-ring (bicyclic) bond motifs is 2. The summed E-state index contributed by atoms with van der Waals surface area (Å²) in [6.07, 6.45) is -0.273. The molecule has 222 valence electrons. The maximum Gasteiger partial charge on any atom is 0.323 e. The fraction of sp³-hybridized carbons (Fsp3) is 0.355. The molecule has 0 bridgehead atoms. The van der Waals surface area contributed by atoms with Crippen molar-refractivity contribution >= 4 is 23.3 Å². The lowest BCUT2D eigenvalue weighted by Gasteiger charge is -2.38. The number of anilines is 2. The van der Waals surface area contributed by atoms with Crippen molar-refractivity contribution in [3.05, 3.63) is 77.6 Å². The summed E-state index contributed by atoms with van der Waals surface area (Å²) in [6.45, 7) is 5.46. The summed E-state index contributed by atoms with van der Waals surface area (Å²) in [6, 6.07) is 15.2. The van der Waals surface area contributed by atoms with Crippen molar-refractivity contribution in [3.8, 4) is 17.2 Å². The zero-order valence-electron chi connectivity index (χ0n) is 23.8. The van der Waals surface area contributed by atoms with Gasteiger partial charge in [-0.05, 0) is 74.1 Å². The normalized spacial score (nSPS) is 18.5. The van der Waals surface area contributed by atoms with E-state index in [1.807, 2.05) is 32.2 Å². The number of aliphatic hydroxyl groups excluding tert-OH is 1. The number of amides is 3. The second kappa shape index (κ2) is 12.7. The highest BCUT2D eigenvalue weighted by atomic mass is 19.1. The fourth-order valence-electron chi connectivity index (χ4n) is 5.07. The lowest BCUT2D eigenvalue weighted by atomic mass is 9.99. The van der Waals surface area contributed by atoms with Gasteiger partial charge in [-0.2, -0.15) is 0 Å². The molecule has 42 heavy (non-hydrogen) atoms. The van der Waals surface area contributed by atoms with E-state index in [-0.39, 0.29) is 36.9 Å². The molecule has 2 aliphatic heterocycles. The van der Waals surface area contributed by atoms with Gasteiger partial charge in [-0.15, -0.1) is 0 Å². The van der Waals surface area contributed by atoms with Crippen LogP contribution in [0.5, 0.6) is 17.2 Å². The topological polar surface area (TPSA) is 113 Å². The number of carbonyl (C=O) groups is 2. The summed E-state index contributed by atoms with van der Waals surface area (Å²) < 4.78 is 30.6. The Morgan fingerprint density at radius 2 is 1.74 bits per heavy atom. The highest BCUT2D eigenvalue weighted by Gasteiger charge is 2.33. The molecule has 0 fully saturated rings. The molecule has 10 nitrogen and oxygen atoms in total. The minimum Gasteiger partial charge on any atom is -0.488 e. The number of hydrogen-bond acceptors (Lipinski definition) is 7. The van der Waals surface area contributed by atoms with Crippen LogP contribution in [0.2, 0.25) is 0 Å². The summed E-state index contributed by atoms with van der Waals surface area (Å²) >= 11 is 0. The Balaban J connectivity index is 1.34. The van der Waals surface area contributed by atoms with E-state index in [1.165, 1.54) is 24.3 Å². The Labute approximate surface area is 244 Å². The Hall–Kier alpha value is -4.35. The first-order valence-corrected chi connectivity index (χ1v) is 13.8. The predicted octanol–water partition coefficient (Wildman–Crippen LogP) is 4.55. The molecular formula is C31H35FN4O6. The number of ether oxygens (including phenoxy) is 3. The van der Waals surface area contributed by atoms with Crippen molar-refractivity contribution in [1.29, 1.82) is 0 Å². The standard InChI is InChI=1S/C31H35FN4O6/c1-19-14-36(20(2)17-37)30(38)25-13-24(34-31(39)33-23-7-5-22(32)6-8-23)9-11-26(25)42-29(19)16-35(3)15-21-4-10-27-28(12-21)41-18-40-27/h4-13,19-20,29,37H,14-18H2,1-3H3,(H2,33,34,39)/t19-,20+,29-/m1/s1. The zero-order valence-corrected chi connectivity index (χ0v) is 23.8. The molecule has 11 heteroatoms. The van der Waals surface area contributed by atoms with Gasteiger partial charge < -0.3 is 34.9 Å². The number of nitrogens with zero attached hydrogens (tertiary/aromatic N) is 2. The molecule has 3 amide bonds.